The number of allylic oxidation sites excluding steroid dienone is 5. The first kappa shape index (κ1) is 16.5. The van der Waals surface area contributed by atoms with Gasteiger partial charge < -0.3 is 4.74 Å². The molecule has 0 radical (unpaired) electrons. The highest BCUT2D eigenvalue weighted by atomic mass is 16.6. The Kier molecular flexibility index (Phi) is 5.48. The van der Waals surface area contributed by atoms with Crippen LogP contribution in [0.25, 0.3) is 0 Å². The molecule has 1 nitrogen and oxygen atoms in total. The molecule has 1 fully saturated rings. The van der Waals surface area contributed by atoms with Crippen LogP contribution in [0.3, 0.4) is 0 Å². The summed E-state index contributed by atoms with van der Waals surface area (Å²) in [7, 11) is 0. The fourth-order valence-corrected chi connectivity index (χ4v) is 3.39. The van der Waals surface area contributed by atoms with E-state index in [2.05, 4.69) is 46.4 Å². The summed E-state index contributed by atoms with van der Waals surface area (Å²) in [5.41, 5.74) is 4.50. The Hall–Kier alpha value is -0.820. The fraction of sp³-hybridized carbons (Fsp3) is 0.700. The Labute approximate surface area is 131 Å². The second-order valence-corrected chi connectivity index (χ2v) is 7.42. The van der Waals surface area contributed by atoms with Gasteiger partial charge >= 0.3 is 0 Å². The number of fused-ring (bicyclic) bond motifs is 1. The second kappa shape index (κ2) is 6.96. The molecular weight excluding hydrogens is 256 g/mol. The van der Waals surface area contributed by atoms with E-state index in [1.54, 1.807) is 0 Å². The second-order valence-electron chi connectivity index (χ2n) is 7.42. The standard InChI is InChI=1S/C20H32O/c1-15(2)18-12-11-17(4)9-6-8-16(3)10-7-13-20(5)19(14-18)21-20/h9-10,18-19H,1,6-8,11-14H2,2-5H3. The van der Waals surface area contributed by atoms with Gasteiger partial charge in [-0.1, -0.05) is 35.5 Å². The smallest absolute Gasteiger partial charge is 0.0923 e. The lowest BCUT2D eigenvalue weighted by Gasteiger charge is -2.17. The van der Waals surface area contributed by atoms with Crippen LogP contribution in [-0.4, -0.2) is 11.7 Å². The van der Waals surface area contributed by atoms with E-state index in [0.717, 1.165) is 19.3 Å². The largest absolute Gasteiger partial charge is 0.366 e. The van der Waals surface area contributed by atoms with Crippen molar-refractivity contribution in [1.82, 2.24) is 0 Å². The maximum absolute atomic E-state index is 6.04. The number of hydrogen-bond acceptors (Lipinski definition) is 1. The maximum atomic E-state index is 6.04. The highest BCUT2D eigenvalue weighted by Crippen LogP contribution is 2.45. The molecule has 0 aromatic heterocycles. The van der Waals surface area contributed by atoms with E-state index in [0.29, 0.717) is 12.0 Å². The average molecular weight is 288 g/mol. The lowest BCUT2D eigenvalue weighted by atomic mass is 9.86. The molecule has 118 valence electrons. The van der Waals surface area contributed by atoms with Gasteiger partial charge in [0.25, 0.3) is 0 Å². The average Bonchev–Trinajstić information content (AvgIpc) is 3.03. The molecule has 1 aliphatic heterocycles. The molecule has 0 bridgehead atoms. The molecule has 3 unspecified atom stereocenters. The normalized spacial score (nSPS) is 35.0. The zero-order chi connectivity index (χ0) is 15.5. The monoisotopic (exact) mass is 288 g/mol. The summed E-state index contributed by atoms with van der Waals surface area (Å²) in [6.07, 6.45) is 13.6. The predicted octanol–water partition coefficient (Wildman–Crippen LogP) is 5.97. The number of ether oxygens (including phenoxy) is 1. The summed E-state index contributed by atoms with van der Waals surface area (Å²) in [6.45, 7) is 13.2. The van der Waals surface area contributed by atoms with Gasteiger partial charge in [0.1, 0.15) is 0 Å². The van der Waals surface area contributed by atoms with Gasteiger partial charge in [-0.25, -0.2) is 0 Å². The molecule has 0 spiro atoms. The van der Waals surface area contributed by atoms with Crippen molar-refractivity contribution < 1.29 is 4.74 Å². The first-order chi connectivity index (χ1) is 9.90. The summed E-state index contributed by atoms with van der Waals surface area (Å²) < 4.78 is 6.04. The third-order valence-electron chi connectivity index (χ3n) is 5.28. The summed E-state index contributed by atoms with van der Waals surface area (Å²) in [5.74, 6) is 0.611. The van der Waals surface area contributed by atoms with E-state index < -0.39 is 0 Å². The van der Waals surface area contributed by atoms with Gasteiger partial charge in [0.15, 0.2) is 0 Å². The fourth-order valence-electron chi connectivity index (χ4n) is 3.39. The third kappa shape index (κ3) is 4.85. The molecule has 1 aliphatic carbocycles. The van der Waals surface area contributed by atoms with E-state index in [1.807, 2.05) is 0 Å². The zero-order valence-corrected chi connectivity index (χ0v) is 14.4. The Morgan fingerprint density at radius 1 is 1.19 bits per heavy atom. The van der Waals surface area contributed by atoms with Crippen molar-refractivity contribution >= 4 is 0 Å². The molecule has 0 aromatic carbocycles. The first-order valence-electron chi connectivity index (χ1n) is 8.55. The number of hydrogen-bond donors (Lipinski definition) is 0. The Balaban J connectivity index is 2.05. The van der Waals surface area contributed by atoms with Gasteiger partial charge in [0.2, 0.25) is 0 Å². The van der Waals surface area contributed by atoms with Crippen LogP contribution in [0.15, 0.2) is 35.5 Å². The lowest BCUT2D eigenvalue weighted by Crippen LogP contribution is -2.14. The molecule has 1 saturated heterocycles. The quantitative estimate of drug-likeness (QED) is 0.427. The van der Waals surface area contributed by atoms with Gasteiger partial charge in [0.05, 0.1) is 11.7 Å². The van der Waals surface area contributed by atoms with E-state index in [9.17, 15) is 0 Å². The van der Waals surface area contributed by atoms with Crippen molar-refractivity contribution in [2.24, 2.45) is 5.92 Å². The molecule has 2 rings (SSSR count). The lowest BCUT2D eigenvalue weighted by molar-refractivity contribution is 0.289. The molecule has 21 heavy (non-hydrogen) atoms. The summed E-state index contributed by atoms with van der Waals surface area (Å²) >= 11 is 0. The molecule has 0 saturated carbocycles. The highest BCUT2D eigenvalue weighted by Gasteiger charge is 2.51. The van der Waals surface area contributed by atoms with Crippen LogP contribution in [0.4, 0.5) is 0 Å². The van der Waals surface area contributed by atoms with E-state index in [4.69, 9.17) is 4.74 Å². The van der Waals surface area contributed by atoms with Gasteiger partial charge in [-0.3, -0.25) is 0 Å². The van der Waals surface area contributed by atoms with Crippen LogP contribution in [-0.2, 0) is 4.74 Å². The van der Waals surface area contributed by atoms with Crippen LogP contribution in [0.2, 0.25) is 0 Å². The van der Waals surface area contributed by atoms with E-state index >= 15 is 0 Å². The van der Waals surface area contributed by atoms with Crippen LogP contribution < -0.4 is 0 Å². The molecule has 0 aromatic rings. The number of epoxide rings is 1. The van der Waals surface area contributed by atoms with Gasteiger partial charge in [0, 0.05) is 0 Å². The van der Waals surface area contributed by atoms with Crippen molar-refractivity contribution in [3.63, 3.8) is 0 Å². The number of rotatable bonds is 1. The molecule has 2 aliphatic rings. The summed E-state index contributed by atoms with van der Waals surface area (Å²) in [5, 5.41) is 0. The molecular formula is C20H32O. The SMILES string of the molecule is C=C(C)C1CCC(C)=CCCC(C)=CCCC2(C)OC2C1. The minimum atomic E-state index is 0.124. The first-order valence-corrected chi connectivity index (χ1v) is 8.55. The third-order valence-corrected chi connectivity index (χ3v) is 5.28. The zero-order valence-electron chi connectivity index (χ0n) is 14.4. The minimum Gasteiger partial charge on any atom is -0.366 e. The molecule has 0 N–H and O–H groups in total. The van der Waals surface area contributed by atoms with Gasteiger partial charge in [-0.15, -0.1) is 0 Å². The van der Waals surface area contributed by atoms with Crippen molar-refractivity contribution in [1.29, 1.82) is 0 Å². The molecule has 1 heterocycles. The Morgan fingerprint density at radius 3 is 2.57 bits per heavy atom. The van der Waals surface area contributed by atoms with Crippen molar-refractivity contribution in [3.8, 4) is 0 Å². The van der Waals surface area contributed by atoms with Crippen LogP contribution >= 0.6 is 0 Å². The summed E-state index contributed by atoms with van der Waals surface area (Å²) in [4.78, 5) is 0. The van der Waals surface area contributed by atoms with Gasteiger partial charge in [-0.2, -0.15) is 0 Å². The van der Waals surface area contributed by atoms with Crippen LogP contribution in [0.1, 0.15) is 72.6 Å². The Morgan fingerprint density at radius 2 is 1.86 bits per heavy atom. The molecule has 0 amide bonds. The van der Waals surface area contributed by atoms with Crippen molar-refractivity contribution in [3.05, 3.63) is 35.5 Å². The highest BCUT2D eigenvalue weighted by molar-refractivity contribution is 5.10. The molecule has 1 heteroatoms. The van der Waals surface area contributed by atoms with Crippen molar-refractivity contribution in [2.45, 2.75) is 84.3 Å². The van der Waals surface area contributed by atoms with Crippen molar-refractivity contribution in [2.75, 3.05) is 0 Å². The van der Waals surface area contributed by atoms with Crippen LogP contribution in [0.5, 0.6) is 0 Å². The van der Waals surface area contributed by atoms with E-state index in [1.165, 1.54) is 42.4 Å². The minimum absolute atomic E-state index is 0.124. The van der Waals surface area contributed by atoms with E-state index in [-0.39, 0.29) is 5.60 Å². The maximum Gasteiger partial charge on any atom is 0.0923 e. The van der Waals surface area contributed by atoms with Gasteiger partial charge in [-0.05, 0) is 78.6 Å². The Bertz CT molecular complexity index is 443. The summed E-state index contributed by atoms with van der Waals surface area (Å²) in [6, 6.07) is 0. The van der Waals surface area contributed by atoms with Crippen LogP contribution in [0, 0.1) is 5.92 Å². The predicted molar refractivity (Wildman–Crippen MR) is 91.4 cm³/mol. The topological polar surface area (TPSA) is 12.5 Å². The molecule has 3 atom stereocenters.